The average Bonchev–Trinajstić information content (AvgIpc) is 3.54. The van der Waals surface area contributed by atoms with E-state index in [9.17, 15) is 22.3 Å². The number of anilines is 1. The quantitative estimate of drug-likeness (QED) is 0.256. The van der Waals surface area contributed by atoms with Crippen LogP contribution in [0.4, 0.5) is 19.0 Å². The standard InChI is InChI=1S/C34H39F3N6O4S/c1-3-23-26(36)7-6-20-12-22(44)13-24(27(20)23)29-28(37)30-25(15-39-29)31(42-10-4-8-33(2,17-42)19-48(38,45)46)41-32(40-30)47-18-34-9-5-11-43(34)16-21(35)14-34/h6-7,12-13,15,21,44H,3-5,8-11,14,16-19H2,1-2H3,(H2,38,45,46)/t21-,33-,34+/m1/s1. The molecule has 256 valence electrons. The topological polar surface area (TPSA) is 135 Å². The highest BCUT2D eigenvalue weighted by Gasteiger charge is 2.49. The fraction of sp³-hybridized carbons (Fsp3) is 0.500. The van der Waals surface area contributed by atoms with Gasteiger partial charge in [0.15, 0.2) is 5.82 Å². The van der Waals surface area contributed by atoms with Crippen LogP contribution >= 0.6 is 0 Å². The molecule has 0 amide bonds. The summed E-state index contributed by atoms with van der Waals surface area (Å²) in [5.41, 5.74) is -0.848. The molecule has 4 aromatic rings. The zero-order valence-corrected chi connectivity index (χ0v) is 27.8. The summed E-state index contributed by atoms with van der Waals surface area (Å²) < 4.78 is 76.9. The van der Waals surface area contributed by atoms with Crippen molar-refractivity contribution in [1.29, 1.82) is 0 Å². The number of aryl methyl sites for hydroxylation is 1. The van der Waals surface area contributed by atoms with E-state index in [0.717, 1.165) is 19.4 Å². The summed E-state index contributed by atoms with van der Waals surface area (Å²) in [5.74, 6) is -1.30. The Morgan fingerprint density at radius 1 is 1.15 bits per heavy atom. The molecule has 2 aromatic heterocycles. The minimum absolute atomic E-state index is 0.0970. The second-order valence-corrected chi connectivity index (χ2v) is 15.6. The molecule has 0 radical (unpaired) electrons. The van der Waals surface area contributed by atoms with Crippen molar-refractivity contribution in [2.24, 2.45) is 10.6 Å². The van der Waals surface area contributed by atoms with Gasteiger partial charge in [0, 0.05) is 43.2 Å². The van der Waals surface area contributed by atoms with Gasteiger partial charge >= 0.3 is 6.01 Å². The van der Waals surface area contributed by atoms with E-state index in [2.05, 4.69) is 14.9 Å². The number of sulfonamides is 1. The smallest absolute Gasteiger partial charge is 0.319 e. The molecule has 10 nitrogen and oxygen atoms in total. The number of hydrogen-bond acceptors (Lipinski definition) is 9. The highest BCUT2D eigenvalue weighted by molar-refractivity contribution is 7.89. The SMILES string of the molecule is CCc1c(F)ccc2cc(O)cc(-c3ncc4c(N5CCC[C@@](C)(CS(N)(=O)=O)C5)nc(OC[C@@]56CCCN5C[C@H](F)C6)nc4c3F)c12. The molecule has 0 aliphatic carbocycles. The highest BCUT2D eigenvalue weighted by Crippen LogP contribution is 2.42. The molecule has 2 aromatic carbocycles. The van der Waals surface area contributed by atoms with Crippen LogP contribution in [-0.4, -0.2) is 83.6 Å². The van der Waals surface area contributed by atoms with Crippen LogP contribution in [0.3, 0.4) is 0 Å². The van der Waals surface area contributed by atoms with Crippen molar-refractivity contribution in [1.82, 2.24) is 19.9 Å². The number of phenolic OH excluding ortho intramolecular Hbond substituents is 1. The first-order chi connectivity index (χ1) is 22.8. The molecule has 3 aliphatic rings. The second-order valence-electron chi connectivity index (χ2n) is 14.0. The number of pyridine rings is 1. The first-order valence-electron chi connectivity index (χ1n) is 16.4. The fourth-order valence-electron chi connectivity index (χ4n) is 8.29. The highest BCUT2D eigenvalue weighted by atomic mass is 32.2. The lowest BCUT2D eigenvalue weighted by molar-refractivity contribution is 0.107. The number of nitrogens with zero attached hydrogens (tertiary/aromatic N) is 5. The molecule has 7 rings (SSSR count). The summed E-state index contributed by atoms with van der Waals surface area (Å²) in [6.45, 7) is 5.65. The third-order valence-corrected chi connectivity index (χ3v) is 11.4. The Labute approximate surface area is 277 Å². The van der Waals surface area contributed by atoms with E-state index in [1.807, 2.05) is 11.8 Å². The van der Waals surface area contributed by atoms with Crippen molar-refractivity contribution in [3.63, 3.8) is 0 Å². The largest absolute Gasteiger partial charge is 0.508 e. The van der Waals surface area contributed by atoms with Gasteiger partial charge < -0.3 is 14.7 Å². The zero-order chi connectivity index (χ0) is 34.0. The first kappa shape index (κ1) is 32.8. The molecular formula is C34H39F3N6O4S. The summed E-state index contributed by atoms with van der Waals surface area (Å²) in [7, 11) is -3.78. The number of halogens is 3. The number of phenols is 1. The van der Waals surface area contributed by atoms with Gasteiger partial charge in [0.1, 0.15) is 41.4 Å². The van der Waals surface area contributed by atoms with Gasteiger partial charge in [-0.3, -0.25) is 9.88 Å². The lowest BCUT2D eigenvalue weighted by atomic mass is 9.84. The summed E-state index contributed by atoms with van der Waals surface area (Å²) in [6.07, 6.45) is 4.06. The van der Waals surface area contributed by atoms with E-state index in [4.69, 9.17) is 14.9 Å². The van der Waals surface area contributed by atoms with Crippen molar-refractivity contribution in [2.45, 2.75) is 64.1 Å². The second kappa shape index (κ2) is 12.0. The van der Waals surface area contributed by atoms with Crippen molar-refractivity contribution < 1.29 is 31.4 Å². The Morgan fingerprint density at radius 3 is 2.71 bits per heavy atom. The van der Waals surface area contributed by atoms with Gasteiger partial charge in [-0.1, -0.05) is 19.9 Å². The molecule has 0 spiro atoms. The van der Waals surface area contributed by atoms with E-state index in [-0.39, 0.29) is 52.8 Å². The third kappa shape index (κ3) is 5.91. The maximum Gasteiger partial charge on any atom is 0.319 e. The summed E-state index contributed by atoms with van der Waals surface area (Å²) >= 11 is 0. The molecule has 3 N–H and O–H groups in total. The van der Waals surface area contributed by atoms with Gasteiger partial charge in [-0.2, -0.15) is 9.97 Å². The number of primary sulfonamides is 1. The molecule has 0 unspecified atom stereocenters. The predicted octanol–water partition coefficient (Wildman–Crippen LogP) is 5.24. The minimum Gasteiger partial charge on any atom is -0.508 e. The van der Waals surface area contributed by atoms with Gasteiger partial charge in [-0.05, 0) is 73.2 Å². The predicted molar refractivity (Wildman–Crippen MR) is 177 cm³/mol. The summed E-state index contributed by atoms with van der Waals surface area (Å²) in [5, 5.41) is 17.3. The maximum absolute atomic E-state index is 16.9. The maximum atomic E-state index is 16.9. The lowest BCUT2D eigenvalue weighted by Gasteiger charge is -2.40. The number of piperidine rings is 1. The Morgan fingerprint density at radius 2 is 1.94 bits per heavy atom. The van der Waals surface area contributed by atoms with Crippen molar-refractivity contribution in [3.05, 3.63) is 47.7 Å². The fourth-order valence-corrected chi connectivity index (χ4v) is 9.50. The van der Waals surface area contributed by atoms with Gasteiger partial charge in [-0.25, -0.2) is 26.7 Å². The molecule has 3 fully saturated rings. The molecule has 3 atom stereocenters. The van der Waals surface area contributed by atoms with E-state index < -0.39 is 38.8 Å². The van der Waals surface area contributed by atoms with Crippen LogP contribution < -0.4 is 14.8 Å². The van der Waals surface area contributed by atoms with Gasteiger partial charge in [0.05, 0.1) is 16.7 Å². The monoisotopic (exact) mass is 684 g/mol. The Balaban J connectivity index is 1.37. The number of aromatic hydroxyl groups is 1. The molecule has 0 saturated carbocycles. The van der Waals surface area contributed by atoms with Crippen LogP contribution in [-0.2, 0) is 16.4 Å². The van der Waals surface area contributed by atoms with Crippen LogP contribution in [0.5, 0.6) is 11.8 Å². The zero-order valence-electron chi connectivity index (χ0n) is 27.0. The normalized spacial score (nSPS) is 24.9. The average molecular weight is 685 g/mol. The molecule has 14 heteroatoms. The molecule has 5 heterocycles. The number of hydrogen-bond donors (Lipinski definition) is 2. The van der Waals surface area contributed by atoms with Gasteiger partial charge in [0.25, 0.3) is 0 Å². The summed E-state index contributed by atoms with van der Waals surface area (Å²) in [6, 6.07) is 5.61. The molecule has 3 aliphatic heterocycles. The van der Waals surface area contributed by atoms with E-state index >= 15 is 4.39 Å². The number of rotatable bonds is 8. The molecule has 0 bridgehead atoms. The molecule has 3 saturated heterocycles. The number of aromatic nitrogens is 3. The van der Waals surface area contributed by atoms with E-state index in [0.29, 0.717) is 60.9 Å². The van der Waals surface area contributed by atoms with E-state index in [1.165, 1.54) is 30.5 Å². The Hall–Kier alpha value is -3.75. The van der Waals surface area contributed by atoms with Crippen LogP contribution in [0.2, 0.25) is 0 Å². The Bertz CT molecular complexity index is 2030. The number of alkyl halides is 1. The van der Waals surface area contributed by atoms with Crippen molar-refractivity contribution >= 4 is 37.5 Å². The number of ether oxygens (including phenoxy) is 1. The minimum atomic E-state index is -3.78. The third-order valence-electron chi connectivity index (χ3n) is 10.3. The van der Waals surface area contributed by atoms with Crippen molar-refractivity contribution in [3.8, 4) is 23.0 Å². The lowest BCUT2D eigenvalue weighted by Crippen LogP contribution is -2.46. The number of nitrogens with two attached hydrogens (primary N) is 1. The van der Waals surface area contributed by atoms with E-state index in [1.54, 1.807) is 6.92 Å². The van der Waals surface area contributed by atoms with Crippen molar-refractivity contribution in [2.75, 3.05) is 43.4 Å². The number of fused-ring (bicyclic) bond motifs is 3. The Kier molecular flexibility index (Phi) is 8.19. The van der Waals surface area contributed by atoms with Crippen LogP contribution in [0.1, 0.15) is 51.5 Å². The molecule has 48 heavy (non-hydrogen) atoms. The first-order valence-corrected chi connectivity index (χ1v) is 18.1. The number of benzene rings is 2. The van der Waals surface area contributed by atoms with Crippen LogP contribution in [0.25, 0.3) is 32.9 Å². The van der Waals surface area contributed by atoms with Crippen LogP contribution in [0, 0.1) is 17.0 Å². The molecular weight excluding hydrogens is 645 g/mol. The van der Waals surface area contributed by atoms with Gasteiger partial charge in [0.2, 0.25) is 10.0 Å². The van der Waals surface area contributed by atoms with Crippen LogP contribution in [0.15, 0.2) is 30.5 Å². The van der Waals surface area contributed by atoms with Gasteiger partial charge in [-0.15, -0.1) is 0 Å². The summed E-state index contributed by atoms with van der Waals surface area (Å²) in [4.78, 5) is 17.7.